The molecular weight excluding hydrogens is 436 g/mol. The van der Waals surface area contributed by atoms with Gasteiger partial charge in [-0.1, -0.05) is 18.2 Å². The largest absolute Gasteiger partial charge is 0.416 e. The minimum atomic E-state index is -4.40. The maximum atomic E-state index is 13.4. The second kappa shape index (κ2) is 7.90. The molecule has 0 bridgehead atoms. The number of carbonyl (C=O) groups is 1. The van der Waals surface area contributed by atoms with Crippen LogP contribution in [0.5, 0.6) is 0 Å². The van der Waals surface area contributed by atoms with Crippen molar-refractivity contribution in [3.05, 3.63) is 65.5 Å². The zero-order valence-corrected chi connectivity index (χ0v) is 17.2. The Morgan fingerprint density at radius 2 is 1.61 bits per heavy atom. The van der Waals surface area contributed by atoms with E-state index in [4.69, 9.17) is 0 Å². The lowest BCUT2D eigenvalue weighted by atomic mass is 10.1. The van der Waals surface area contributed by atoms with E-state index in [0.717, 1.165) is 18.2 Å². The molecule has 1 aliphatic carbocycles. The average Bonchev–Trinajstić information content (AvgIpc) is 3.54. The van der Waals surface area contributed by atoms with Crippen molar-refractivity contribution in [3.8, 4) is 0 Å². The van der Waals surface area contributed by atoms with Crippen LogP contribution in [0.25, 0.3) is 0 Å². The van der Waals surface area contributed by atoms with Crippen molar-refractivity contribution in [2.45, 2.75) is 23.4 Å². The van der Waals surface area contributed by atoms with Crippen molar-refractivity contribution in [2.24, 2.45) is 5.92 Å². The number of carbonyl (C=O) groups excluding carboxylic acids is 1. The maximum Gasteiger partial charge on any atom is 0.416 e. The third kappa shape index (κ3) is 4.45. The lowest BCUT2D eigenvalue weighted by Crippen LogP contribution is -2.51. The summed E-state index contributed by atoms with van der Waals surface area (Å²) in [6.45, 7) is 0.623. The van der Waals surface area contributed by atoms with Crippen LogP contribution in [0, 0.1) is 11.7 Å². The van der Waals surface area contributed by atoms with Crippen LogP contribution in [0.3, 0.4) is 0 Å². The summed E-state index contributed by atoms with van der Waals surface area (Å²) >= 11 is 0. The predicted octanol–water partition coefficient (Wildman–Crippen LogP) is 3.48. The molecule has 1 amide bonds. The molecule has 4 rings (SSSR count). The first-order chi connectivity index (χ1) is 14.6. The smallest absolute Gasteiger partial charge is 0.340 e. The number of amides is 1. The van der Waals surface area contributed by atoms with E-state index >= 15 is 0 Å². The molecule has 2 atom stereocenters. The van der Waals surface area contributed by atoms with Gasteiger partial charge in [0.15, 0.2) is 0 Å². The summed E-state index contributed by atoms with van der Waals surface area (Å²) in [5.41, 5.74) is -0.0333. The van der Waals surface area contributed by atoms with E-state index in [2.05, 4.69) is 0 Å². The number of hydrogen-bond donors (Lipinski definition) is 0. The van der Waals surface area contributed by atoms with Crippen LogP contribution < -0.4 is 0 Å². The first-order valence-corrected chi connectivity index (χ1v) is 11.2. The Bertz CT molecular complexity index is 1080. The number of piperazine rings is 1. The van der Waals surface area contributed by atoms with Gasteiger partial charge in [-0.2, -0.15) is 17.5 Å². The Balaban J connectivity index is 1.35. The molecule has 1 saturated heterocycles. The first-order valence-electron chi connectivity index (χ1n) is 9.79. The molecule has 10 heteroatoms. The van der Waals surface area contributed by atoms with E-state index in [1.54, 1.807) is 4.90 Å². The molecule has 5 nitrogen and oxygen atoms in total. The van der Waals surface area contributed by atoms with E-state index in [1.165, 1.54) is 34.6 Å². The zero-order valence-electron chi connectivity index (χ0n) is 16.3. The van der Waals surface area contributed by atoms with E-state index in [-0.39, 0.29) is 48.8 Å². The van der Waals surface area contributed by atoms with Gasteiger partial charge in [0, 0.05) is 32.1 Å². The fraction of sp³-hybridized carbons (Fsp3) is 0.381. The topological polar surface area (TPSA) is 57.7 Å². The zero-order chi connectivity index (χ0) is 22.4. The van der Waals surface area contributed by atoms with Crippen molar-refractivity contribution < 1.29 is 30.8 Å². The second-order valence-electron chi connectivity index (χ2n) is 7.76. The number of halogens is 4. The molecule has 2 aromatic carbocycles. The summed E-state index contributed by atoms with van der Waals surface area (Å²) < 4.78 is 78.1. The second-order valence-corrected chi connectivity index (χ2v) is 9.69. The molecule has 0 N–H and O–H groups in total. The van der Waals surface area contributed by atoms with E-state index in [0.29, 0.717) is 12.0 Å². The summed E-state index contributed by atoms with van der Waals surface area (Å²) in [6, 6.07) is 9.64. The molecule has 1 saturated carbocycles. The van der Waals surface area contributed by atoms with Gasteiger partial charge in [-0.3, -0.25) is 4.79 Å². The lowest BCUT2D eigenvalue weighted by Gasteiger charge is -2.34. The number of rotatable bonds is 4. The van der Waals surface area contributed by atoms with Crippen molar-refractivity contribution in [3.63, 3.8) is 0 Å². The first kappa shape index (κ1) is 21.8. The van der Waals surface area contributed by atoms with Gasteiger partial charge in [-0.25, -0.2) is 12.8 Å². The highest BCUT2D eigenvalue weighted by atomic mass is 32.2. The highest BCUT2D eigenvalue weighted by Gasteiger charge is 2.46. The summed E-state index contributed by atoms with van der Waals surface area (Å²) in [7, 11) is -3.84. The standard InChI is InChI=1S/C21H20F4N2O3S/c22-16-2-1-3-17(12-16)31(29,30)27-10-8-26(9-11-27)20(28)19-13-18(19)14-4-6-15(7-5-14)21(23,24)25/h1-7,12,18-19H,8-11,13H2. The van der Waals surface area contributed by atoms with Crippen LogP contribution in [0.4, 0.5) is 17.6 Å². The van der Waals surface area contributed by atoms with Gasteiger partial charge >= 0.3 is 6.18 Å². The molecular formula is C21H20F4N2O3S. The number of hydrogen-bond acceptors (Lipinski definition) is 3. The molecule has 166 valence electrons. The van der Waals surface area contributed by atoms with Crippen LogP contribution in [0.1, 0.15) is 23.5 Å². The quantitative estimate of drug-likeness (QED) is 0.662. The van der Waals surface area contributed by atoms with Gasteiger partial charge in [0.2, 0.25) is 15.9 Å². The number of sulfonamides is 1. The fourth-order valence-electron chi connectivity index (χ4n) is 3.92. The maximum absolute atomic E-state index is 13.4. The summed E-state index contributed by atoms with van der Waals surface area (Å²) in [4.78, 5) is 14.2. The van der Waals surface area contributed by atoms with Crippen LogP contribution in [0.15, 0.2) is 53.4 Å². The summed E-state index contributed by atoms with van der Waals surface area (Å²) in [6.07, 6.45) is -3.84. The molecule has 1 heterocycles. The van der Waals surface area contributed by atoms with E-state index in [9.17, 15) is 30.8 Å². The Labute approximate surface area is 177 Å². The summed E-state index contributed by atoms with van der Waals surface area (Å²) in [5, 5.41) is 0. The Hall–Kier alpha value is -2.46. The number of nitrogens with zero attached hydrogens (tertiary/aromatic N) is 2. The highest BCUT2D eigenvalue weighted by molar-refractivity contribution is 7.89. The minimum Gasteiger partial charge on any atom is -0.340 e. The van der Waals surface area contributed by atoms with E-state index in [1.807, 2.05) is 0 Å². The molecule has 0 aromatic heterocycles. The Morgan fingerprint density at radius 1 is 0.968 bits per heavy atom. The normalized spacial score (nSPS) is 22.4. The van der Waals surface area contributed by atoms with Gasteiger partial charge in [-0.15, -0.1) is 0 Å². The van der Waals surface area contributed by atoms with Gasteiger partial charge in [0.05, 0.1) is 10.5 Å². The molecule has 0 radical (unpaired) electrons. The molecule has 2 aromatic rings. The number of benzene rings is 2. The van der Waals surface area contributed by atoms with Crippen LogP contribution >= 0.6 is 0 Å². The fourth-order valence-corrected chi connectivity index (χ4v) is 5.37. The Kier molecular flexibility index (Phi) is 5.55. The summed E-state index contributed by atoms with van der Waals surface area (Å²) in [5.74, 6) is -1.18. The average molecular weight is 456 g/mol. The van der Waals surface area contributed by atoms with E-state index < -0.39 is 27.6 Å². The molecule has 31 heavy (non-hydrogen) atoms. The van der Waals surface area contributed by atoms with Gasteiger partial charge in [-0.05, 0) is 48.2 Å². The lowest BCUT2D eigenvalue weighted by molar-refractivity contribution is -0.137. The molecule has 2 aliphatic rings. The van der Waals surface area contributed by atoms with Crippen molar-refractivity contribution in [1.82, 2.24) is 9.21 Å². The van der Waals surface area contributed by atoms with Crippen molar-refractivity contribution >= 4 is 15.9 Å². The van der Waals surface area contributed by atoms with Gasteiger partial charge < -0.3 is 4.90 Å². The molecule has 0 spiro atoms. The van der Waals surface area contributed by atoms with Crippen LogP contribution in [-0.4, -0.2) is 49.7 Å². The van der Waals surface area contributed by atoms with Gasteiger partial charge in [0.25, 0.3) is 0 Å². The molecule has 2 unspecified atom stereocenters. The van der Waals surface area contributed by atoms with Crippen molar-refractivity contribution in [1.29, 1.82) is 0 Å². The van der Waals surface area contributed by atoms with Crippen molar-refractivity contribution in [2.75, 3.05) is 26.2 Å². The minimum absolute atomic E-state index is 0.0995. The monoisotopic (exact) mass is 456 g/mol. The number of alkyl halides is 3. The van der Waals surface area contributed by atoms with Crippen LogP contribution in [-0.2, 0) is 21.0 Å². The molecule has 1 aliphatic heterocycles. The third-order valence-corrected chi connectivity index (χ3v) is 7.65. The Morgan fingerprint density at radius 3 is 2.19 bits per heavy atom. The predicted molar refractivity (Wildman–Crippen MR) is 104 cm³/mol. The SMILES string of the molecule is O=C(C1CC1c1ccc(C(F)(F)F)cc1)N1CCN(S(=O)(=O)c2cccc(F)c2)CC1. The molecule has 2 fully saturated rings. The van der Waals surface area contributed by atoms with Gasteiger partial charge in [0.1, 0.15) is 5.82 Å². The van der Waals surface area contributed by atoms with Crippen LogP contribution in [0.2, 0.25) is 0 Å². The highest BCUT2D eigenvalue weighted by Crippen LogP contribution is 2.49. The third-order valence-electron chi connectivity index (χ3n) is 5.76.